The van der Waals surface area contributed by atoms with E-state index in [1.807, 2.05) is 18.2 Å². The van der Waals surface area contributed by atoms with Crippen molar-refractivity contribution in [3.8, 4) is 0 Å². The fourth-order valence-corrected chi connectivity index (χ4v) is 2.49. The van der Waals surface area contributed by atoms with Crippen LogP contribution in [0.15, 0.2) is 54.9 Å². The van der Waals surface area contributed by atoms with Crippen LogP contribution in [0, 0.1) is 0 Å². The number of hydrogen-bond donors (Lipinski definition) is 1. The standard InChI is InChI=1S/C18H19N3/c1-2-13-3-5-14(6-4-13)11-16(19)15-7-8-17-18(12-15)21-10-9-20-17/h3-10,12,16H,2,11,19H2,1H3. The van der Waals surface area contributed by atoms with Crippen LogP contribution in [0.5, 0.6) is 0 Å². The number of benzene rings is 2. The fourth-order valence-electron chi connectivity index (χ4n) is 2.49. The number of hydrogen-bond acceptors (Lipinski definition) is 3. The third-order valence-electron chi connectivity index (χ3n) is 3.81. The molecule has 3 aromatic rings. The molecule has 1 heterocycles. The lowest BCUT2D eigenvalue weighted by molar-refractivity contribution is 0.722. The van der Waals surface area contributed by atoms with Crippen LogP contribution >= 0.6 is 0 Å². The van der Waals surface area contributed by atoms with Crippen molar-refractivity contribution in [2.75, 3.05) is 0 Å². The lowest BCUT2D eigenvalue weighted by Gasteiger charge is -2.13. The predicted molar refractivity (Wildman–Crippen MR) is 86.0 cm³/mol. The van der Waals surface area contributed by atoms with Gasteiger partial charge < -0.3 is 5.73 Å². The van der Waals surface area contributed by atoms with Crippen LogP contribution in [-0.4, -0.2) is 9.97 Å². The summed E-state index contributed by atoms with van der Waals surface area (Å²) in [6.45, 7) is 2.16. The second-order valence-corrected chi connectivity index (χ2v) is 5.29. The maximum Gasteiger partial charge on any atom is 0.0890 e. The van der Waals surface area contributed by atoms with Crippen LogP contribution in [0.25, 0.3) is 11.0 Å². The molecule has 0 radical (unpaired) electrons. The second-order valence-electron chi connectivity index (χ2n) is 5.29. The minimum atomic E-state index is -0.0242. The molecule has 0 aliphatic heterocycles. The zero-order valence-corrected chi connectivity index (χ0v) is 12.2. The highest BCUT2D eigenvalue weighted by Gasteiger charge is 2.08. The number of fused-ring (bicyclic) bond motifs is 1. The van der Waals surface area contributed by atoms with E-state index in [2.05, 4.69) is 41.2 Å². The van der Waals surface area contributed by atoms with Gasteiger partial charge in [0.1, 0.15) is 0 Å². The summed E-state index contributed by atoms with van der Waals surface area (Å²) in [7, 11) is 0. The van der Waals surface area contributed by atoms with Gasteiger partial charge in [0.05, 0.1) is 11.0 Å². The molecule has 0 aliphatic carbocycles. The fraction of sp³-hybridized carbons (Fsp3) is 0.222. The Morgan fingerprint density at radius 3 is 2.29 bits per heavy atom. The molecule has 106 valence electrons. The van der Waals surface area contributed by atoms with Crippen molar-refractivity contribution >= 4 is 11.0 Å². The molecule has 0 aliphatic rings. The maximum atomic E-state index is 6.34. The van der Waals surface area contributed by atoms with Crippen molar-refractivity contribution in [2.24, 2.45) is 5.73 Å². The summed E-state index contributed by atoms with van der Waals surface area (Å²) in [5.74, 6) is 0. The third kappa shape index (κ3) is 3.09. The van der Waals surface area contributed by atoms with E-state index in [4.69, 9.17) is 5.73 Å². The summed E-state index contributed by atoms with van der Waals surface area (Å²) in [6.07, 6.45) is 5.31. The summed E-state index contributed by atoms with van der Waals surface area (Å²) in [5.41, 5.74) is 11.9. The van der Waals surface area contributed by atoms with Gasteiger partial charge in [-0.2, -0.15) is 0 Å². The molecule has 2 aromatic carbocycles. The van der Waals surface area contributed by atoms with Crippen LogP contribution in [0.1, 0.15) is 29.7 Å². The van der Waals surface area contributed by atoms with E-state index in [1.54, 1.807) is 12.4 Å². The van der Waals surface area contributed by atoms with E-state index in [1.165, 1.54) is 11.1 Å². The van der Waals surface area contributed by atoms with E-state index in [-0.39, 0.29) is 6.04 Å². The lowest BCUT2D eigenvalue weighted by atomic mass is 9.98. The molecule has 0 saturated heterocycles. The van der Waals surface area contributed by atoms with Crippen molar-refractivity contribution < 1.29 is 0 Å². The van der Waals surface area contributed by atoms with E-state index < -0.39 is 0 Å². The van der Waals surface area contributed by atoms with Gasteiger partial charge in [0.15, 0.2) is 0 Å². The zero-order chi connectivity index (χ0) is 14.7. The number of aryl methyl sites for hydroxylation is 1. The molecule has 0 saturated carbocycles. The Labute approximate surface area is 124 Å². The number of rotatable bonds is 4. The topological polar surface area (TPSA) is 51.8 Å². The monoisotopic (exact) mass is 277 g/mol. The van der Waals surface area contributed by atoms with Crippen LogP contribution in [0.3, 0.4) is 0 Å². The van der Waals surface area contributed by atoms with Crippen LogP contribution in [0.2, 0.25) is 0 Å². The van der Waals surface area contributed by atoms with Gasteiger partial charge in [0.25, 0.3) is 0 Å². The number of nitrogens with zero attached hydrogens (tertiary/aromatic N) is 2. The van der Waals surface area contributed by atoms with Gasteiger partial charge in [0.2, 0.25) is 0 Å². The van der Waals surface area contributed by atoms with Gasteiger partial charge in [-0.25, -0.2) is 0 Å². The highest BCUT2D eigenvalue weighted by molar-refractivity contribution is 5.74. The van der Waals surface area contributed by atoms with E-state index >= 15 is 0 Å². The second kappa shape index (κ2) is 6.02. The molecule has 1 aromatic heterocycles. The normalized spacial score (nSPS) is 12.5. The minimum absolute atomic E-state index is 0.0242. The zero-order valence-electron chi connectivity index (χ0n) is 12.2. The summed E-state index contributed by atoms with van der Waals surface area (Å²) >= 11 is 0. The van der Waals surface area contributed by atoms with Crippen molar-refractivity contribution in [2.45, 2.75) is 25.8 Å². The molecular weight excluding hydrogens is 258 g/mol. The molecule has 1 unspecified atom stereocenters. The van der Waals surface area contributed by atoms with E-state index in [9.17, 15) is 0 Å². The number of aromatic nitrogens is 2. The summed E-state index contributed by atoms with van der Waals surface area (Å²) in [6, 6.07) is 14.7. The third-order valence-corrected chi connectivity index (χ3v) is 3.81. The Kier molecular flexibility index (Phi) is 3.93. The minimum Gasteiger partial charge on any atom is -0.324 e. The van der Waals surface area contributed by atoms with Crippen LogP contribution < -0.4 is 5.73 Å². The molecule has 3 rings (SSSR count). The highest BCUT2D eigenvalue weighted by Crippen LogP contribution is 2.20. The van der Waals surface area contributed by atoms with Crippen LogP contribution in [-0.2, 0) is 12.8 Å². The van der Waals surface area contributed by atoms with Gasteiger partial charge in [-0.15, -0.1) is 0 Å². The average Bonchev–Trinajstić information content (AvgIpc) is 2.55. The average molecular weight is 277 g/mol. The Morgan fingerprint density at radius 1 is 0.905 bits per heavy atom. The van der Waals surface area contributed by atoms with Gasteiger partial charge in [-0.1, -0.05) is 37.3 Å². The molecule has 21 heavy (non-hydrogen) atoms. The number of nitrogens with two attached hydrogens (primary N) is 1. The van der Waals surface area contributed by atoms with E-state index in [0.29, 0.717) is 0 Å². The molecule has 1 atom stereocenters. The molecule has 2 N–H and O–H groups in total. The van der Waals surface area contributed by atoms with Gasteiger partial charge in [0, 0.05) is 18.4 Å². The lowest BCUT2D eigenvalue weighted by Crippen LogP contribution is -2.13. The van der Waals surface area contributed by atoms with Crippen molar-refractivity contribution in [1.29, 1.82) is 0 Å². The smallest absolute Gasteiger partial charge is 0.0890 e. The maximum absolute atomic E-state index is 6.34. The largest absolute Gasteiger partial charge is 0.324 e. The van der Waals surface area contributed by atoms with Gasteiger partial charge >= 0.3 is 0 Å². The van der Waals surface area contributed by atoms with Gasteiger partial charge in [-0.3, -0.25) is 9.97 Å². The summed E-state index contributed by atoms with van der Waals surface area (Å²) in [4.78, 5) is 8.62. The Hall–Kier alpha value is -2.26. The Morgan fingerprint density at radius 2 is 1.57 bits per heavy atom. The first kappa shape index (κ1) is 13.7. The quantitative estimate of drug-likeness (QED) is 0.795. The van der Waals surface area contributed by atoms with Crippen molar-refractivity contribution in [1.82, 2.24) is 9.97 Å². The first-order valence-electron chi connectivity index (χ1n) is 7.30. The van der Waals surface area contributed by atoms with Crippen molar-refractivity contribution in [3.63, 3.8) is 0 Å². The van der Waals surface area contributed by atoms with Crippen molar-refractivity contribution in [3.05, 3.63) is 71.5 Å². The molecule has 3 heteroatoms. The predicted octanol–water partition coefficient (Wildman–Crippen LogP) is 3.43. The highest BCUT2D eigenvalue weighted by atomic mass is 14.8. The molecule has 0 amide bonds. The first-order valence-corrected chi connectivity index (χ1v) is 7.30. The van der Waals surface area contributed by atoms with E-state index in [0.717, 1.165) is 29.4 Å². The van der Waals surface area contributed by atoms with Crippen LogP contribution in [0.4, 0.5) is 0 Å². The molecule has 0 bridgehead atoms. The molecule has 0 spiro atoms. The molecule has 0 fully saturated rings. The molecular formula is C18H19N3. The summed E-state index contributed by atoms with van der Waals surface area (Å²) in [5, 5.41) is 0. The first-order chi connectivity index (χ1) is 10.3. The Balaban J connectivity index is 1.80. The SMILES string of the molecule is CCc1ccc(CC(N)c2ccc3nccnc3c2)cc1. The molecule has 3 nitrogen and oxygen atoms in total. The van der Waals surface area contributed by atoms with Gasteiger partial charge in [-0.05, 0) is 41.7 Å². The summed E-state index contributed by atoms with van der Waals surface area (Å²) < 4.78 is 0. The Bertz CT molecular complexity index is 735.